The molecule has 1 heterocycles. The normalized spacial score (nSPS) is 24.5. The first-order valence-corrected chi connectivity index (χ1v) is 8.41. The zero-order chi connectivity index (χ0) is 19.2. The van der Waals surface area contributed by atoms with E-state index in [9.17, 15) is 18.4 Å². The predicted molar refractivity (Wildman–Crippen MR) is 91.9 cm³/mol. The van der Waals surface area contributed by atoms with Crippen molar-refractivity contribution in [2.45, 2.75) is 33.1 Å². The number of benzene rings is 1. The van der Waals surface area contributed by atoms with Crippen molar-refractivity contribution in [2.75, 3.05) is 7.11 Å². The number of methoxy groups -OCH3 is 1. The van der Waals surface area contributed by atoms with Crippen LogP contribution in [0.4, 0.5) is 8.78 Å². The second-order valence-corrected chi connectivity index (χ2v) is 7.52. The molecule has 2 aliphatic rings. The number of rotatable bonds is 2. The second kappa shape index (κ2) is 6.34. The SMILES string of the molecule is COC(=O)C1=C(C)NC2=CC(C)(C)CC(=O)C2C1c1ccc(F)c(F)c1. The van der Waals surface area contributed by atoms with Crippen molar-refractivity contribution in [3.8, 4) is 0 Å². The van der Waals surface area contributed by atoms with E-state index >= 15 is 0 Å². The van der Waals surface area contributed by atoms with Gasteiger partial charge in [0.2, 0.25) is 0 Å². The van der Waals surface area contributed by atoms with Gasteiger partial charge in [0, 0.05) is 23.7 Å². The smallest absolute Gasteiger partial charge is 0.336 e. The molecule has 1 aliphatic heterocycles. The molecule has 1 N–H and O–H groups in total. The molecule has 0 saturated carbocycles. The number of hydrogen-bond donors (Lipinski definition) is 1. The number of carbonyl (C=O) groups excluding carboxylic acids is 2. The fraction of sp³-hybridized carbons (Fsp3) is 0.400. The Balaban J connectivity index is 2.23. The monoisotopic (exact) mass is 361 g/mol. The molecule has 0 bridgehead atoms. The molecule has 1 aromatic rings. The van der Waals surface area contributed by atoms with Crippen LogP contribution in [0.3, 0.4) is 0 Å². The second-order valence-electron chi connectivity index (χ2n) is 7.52. The van der Waals surface area contributed by atoms with E-state index in [4.69, 9.17) is 4.74 Å². The molecule has 6 heteroatoms. The number of nitrogens with one attached hydrogen (secondary N) is 1. The fourth-order valence-corrected chi connectivity index (χ4v) is 3.91. The maximum absolute atomic E-state index is 13.9. The lowest BCUT2D eigenvalue weighted by molar-refractivity contribution is -0.136. The van der Waals surface area contributed by atoms with Crippen molar-refractivity contribution in [1.82, 2.24) is 5.32 Å². The number of hydrogen-bond acceptors (Lipinski definition) is 4. The number of ketones is 1. The van der Waals surface area contributed by atoms with Gasteiger partial charge in [-0.3, -0.25) is 4.79 Å². The van der Waals surface area contributed by atoms with E-state index in [1.54, 1.807) is 6.92 Å². The van der Waals surface area contributed by atoms with E-state index in [0.29, 0.717) is 23.4 Å². The lowest BCUT2D eigenvalue weighted by Crippen LogP contribution is -2.43. The highest BCUT2D eigenvalue weighted by Crippen LogP contribution is 2.47. The van der Waals surface area contributed by atoms with Gasteiger partial charge >= 0.3 is 5.97 Å². The molecule has 0 aromatic heterocycles. The lowest BCUT2D eigenvalue weighted by atomic mass is 9.66. The molecule has 0 spiro atoms. The van der Waals surface area contributed by atoms with Crippen LogP contribution in [0.25, 0.3) is 0 Å². The van der Waals surface area contributed by atoms with Crippen LogP contribution in [0.15, 0.2) is 41.2 Å². The van der Waals surface area contributed by atoms with Crippen molar-refractivity contribution < 1.29 is 23.1 Å². The van der Waals surface area contributed by atoms with Gasteiger partial charge in [0.25, 0.3) is 0 Å². The average Bonchev–Trinajstić information content (AvgIpc) is 2.54. The Hall–Kier alpha value is -2.50. The summed E-state index contributed by atoms with van der Waals surface area (Å²) in [7, 11) is 1.25. The maximum Gasteiger partial charge on any atom is 0.336 e. The Bertz CT molecular complexity index is 855. The van der Waals surface area contributed by atoms with E-state index < -0.39 is 29.4 Å². The summed E-state index contributed by atoms with van der Waals surface area (Å²) in [4.78, 5) is 25.3. The summed E-state index contributed by atoms with van der Waals surface area (Å²) in [5, 5.41) is 3.15. The number of halogens is 2. The molecule has 0 saturated heterocycles. The Morgan fingerprint density at radius 2 is 1.92 bits per heavy atom. The fourth-order valence-electron chi connectivity index (χ4n) is 3.91. The van der Waals surface area contributed by atoms with Gasteiger partial charge in [0.15, 0.2) is 11.6 Å². The van der Waals surface area contributed by atoms with Gasteiger partial charge in [-0.1, -0.05) is 26.0 Å². The summed E-state index contributed by atoms with van der Waals surface area (Å²) in [6.07, 6.45) is 2.28. The summed E-state index contributed by atoms with van der Waals surface area (Å²) in [6.45, 7) is 5.62. The summed E-state index contributed by atoms with van der Waals surface area (Å²) >= 11 is 0. The van der Waals surface area contributed by atoms with Crippen LogP contribution in [-0.4, -0.2) is 18.9 Å². The van der Waals surface area contributed by atoms with Crippen LogP contribution in [-0.2, 0) is 14.3 Å². The predicted octanol–water partition coefficient (Wildman–Crippen LogP) is 3.60. The van der Waals surface area contributed by atoms with E-state index in [2.05, 4.69) is 5.32 Å². The van der Waals surface area contributed by atoms with Crippen molar-refractivity contribution in [3.05, 3.63) is 58.4 Å². The molecule has 138 valence electrons. The van der Waals surface area contributed by atoms with Gasteiger partial charge in [-0.15, -0.1) is 0 Å². The zero-order valence-corrected chi connectivity index (χ0v) is 15.2. The van der Waals surface area contributed by atoms with Gasteiger partial charge in [-0.05, 0) is 30.0 Å². The van der Waals surface area contributed by atoms with Crippen LogP contribution in [0.1, 0.15) is 38.7 Å². The quantitative estimate of drug-likeness (QED) is 0.818. The Labute approximate surface area is 150 Å². The number of esters is 1. The average molecular weight is 361 g/mol. The number of Topliss-reactive ketones (excluding diaryl/α,β-unsaturated/α-hetero) is 1. The first-order chi connectivity index (χ1) is 12.1. The standard InChI is InChI=1S/C20H21F2NO3/c1-10-16(19(25)26-4)17(11-5-6-12(21)13(22)7-11)18-14(23-10)8-20(2,3)9-15(18)24/h5-8,17-18,23H,9H2,1-4H3. The van der Waals surface area contributed by atoms with Gasteiger partial charge in [0.1, 0.15) is 5.78 Å². The first kappa shape index (κ1) is 18.3. The molecule has 26 heavy (non-hydrogen) atoms. The van der Waals surface area contributed by atoms with E-state index in [-0.39, 0.29) is 16.8 Å². The van der Waals surface area contributed by atoms with Gasteiger partial charge in [-0.2, -0.15) is 0 Å². The molecule has 3 rings (SSSR count). The Morgan fingerprint density at radius 1 is 1.23 bits per heavy atom. The third-order valence-electron chi connectivity index (χ3n) is 4.95. The third kappa shape index (κ3) is 3.04. The lowest BCUT2D eigenvalue weighted by Gasteiger charge is -2.41. The van der Waals surface area contributed by atoms with Crippen molar-refractivity contribution in [1.29, 1.82) is 0 Å². The van der Waals surface area contributed by atoms with Gasteiger partial charge in [-0.25, -0.2) is 13.6 Å². The molecule has 1 aromatic carbocycles. The number of ether oxygens (including phenoxy) is 1. The highest BCUT2D eigenvalue weighted by atomic mass is 19.2. The minimum Gasteiger partial charge on any atom is -0.466 e. The first-order valence-electron chi connectivity index (χ1n) is 8.41. The zero-order valence-electron chi connectivity index (χ0n) is 15.2. The summed E-state index contributed by atoms with van der Waals surface area (Å²) in [5.41, 5.74) is 1.53. The number of carbonyl (C=O) groups is 2. The van der Waals surface area contributed by atoms with Crippen LogP contribution in [0.5, 0.6) is 0 Å². The van der Waals surface area contributed by atoms with Gasteiger partial charge < -0.3 is 10.1 Å². The minimum absolute atomic E-state index is 0.0522. The minimum atomic E-state index is -1.02. The molecule has 1 aliphatic carbocycles. The van der Waals surface area contributed by atoms with Gasteiger partial charge in [0.05, 0.1) is 18.6 Å². The molecule has 4 nitrogen and oxygen atoms in total. The summed E-state index contributed by atoms with van der Waals surface area (Å²) < 4.78 is 32.2. The highest BCUT2D eigenvalue weighted by Gasteiger charge is 2.46. The Kier molecular flexibility index (Phi) is 4.46. The molecule has 2 unspecified atom stereocenters. The topological polar surface area (TPSA) is 55.4 Å². The Morgan fingerprint density at radius 3 is 2.54 bits per heavy atom. The molecule has 0 radical (unpaired) electrons. The summed E-state index contributed by atoms with van der Waals surface area (Å²) in [6, 6.07) is 3.47. The van der Waals surface area contributed by atoms with Crippen LogP contribution < -0.4 is 5.32 Å². The molecule has 0 amide bonds. The van der Waals surface area contributed by atoms with E-state index in [0.717, 1.165) is 12.1 Å². The molecular formula is C20H21F2NO3. The third-order valence-corrected chi connectivity index (χ3v) is 4.95. The van der Waals surface area contributed by atoms with Crippen molar-refractivity contribution >= 4 is 11.8 Å². The summed E-state index contributed by atoms with van der Waals surface area (Å²) in [5.74, 6) is -4.03. The molecule has 2 atom stereocenters. The maximum atomic E-state index is 13.9. The van der Waals surface area contributed by atoms with Crippen LogP contribution >= 0.6 is 0 Å². The molecular weight excluding hydrogens is 340 g/mol. The van der Waals surface area contributed by atoms with Crippen LogP contribution in [0, 0.1) is 23.0 Å². The number of allylic oxidation sites excluding steroid dienone is 3. The van der Waals surface area contributed by atoms with E-state index in [1.807, 2.05) is 19.9 Å². The van der Waals surface area contributed by atoms with Crippen molar-refractivity contribution in [2.24, 2.45) is 11.3 Å². The molecule has 0 fully saturated rings. The van der Waals surface area contributed by atoms with Crippen LogP contribution in [0.2, 0.25) is 0 Å². The largest absolute Gasteiger partial charge is 0.466 e. The highest BCUT2D eigenvalue weighted by molar-refractivity contribution is 5.96. The van der Waals surface area contributed by atoms with E-state index in [1.165, 1.54) is 13.2 Å². The number of fused-ring (bicyclic) bond motifs is 1. The van der Waals surface area contributed by atoms with Crippen molar-refractivity contribution in [3.63, 3.8) is 0 Å².